The number of hydrogen-bond donors (Lipinski definition) is 2. The Kier molecular flexibility index (Phi) is 5.58. The molecule has 2 N–H and O–H groups in total. The van der Waals surface area contributed by atoms with Crippen molar-refractivity contribution in [2.45, 2.75) is 12.2 Å². The lowest BCUT2D eigenvalue weighted by atomic mass is 10.0. The Morgan fingerprint density at radius 3 is 2.26 bits per heavy atom. The Hall–Kier alpha value is -3.87. The van der Waals surface area contributed by atoms with Gasteiger partial charge in [0.1, 0.15) is 6.04 Å². The molecule has 0 fully saturated rings. The number of amides is 1. The fourth-order valence-electron chi connectivity index (χ4n) is 3.28. The second-order valence-corrected chi connectivity index (χ2v) is 6.93. The largest absolute Gasteiger partial charge is 0.416 e. The van der Waals surface area contributed by atoms with Gasteiger partial charge in [0.05, 0.1) is 16.8 Å². The Labute approximate surface area is 176 Å². The number of halogens is 3. The maximum atomic E-state index is 13.2. The molecule has 1 heterocycles. The van der Waals surface area contributed by atoms with E-state index in [2.05, 4.69) is 15.6 Å². The van der Waals surface area contributed by atoms with E-state index in [1.165, 1.54) is 12.1 Å². The molecule has 4 rings (SSSR count). The second-order valence-electron chi connectivity index (χ2n) is 6.93. The van der Waals surface area contributed by atoms with E-state index in [0.717, 1.165) is 17.5 Å². The van der Waals surface area contributed by atoms with E-state index in [0.29, 0.717) is 22.5 Å². The molecule has 1 aromatic heterocycles. The highest BCUT2D eigenvalue weighted by molar-refractivity contribution is 6.03. The summed E-state index contributed by atoms with van der Waals surface area (Å²) in [4.78, 5) is 17.5. The molecule has 0 aliphatic carbocycles. The van der Waals surface area contributed by atoms with Crippen molar-refractivity contribution < 1.29 is 18.0 Å². The molecular weight excluding hydrogens is 403 g/mol. The topological polar surface area (TPSA) is 54.0 Å². The minimum Gasteiger partial charge on any atom is -0.370 e. The predicted octanol–water partition coefficient (Wildman–Crippen LogP) is 6.05. The summed E-state index contributed by atoms with van der Waals surface area (Å²) >= 11 is 0. The van der Waals surface area contributed by atoms with Crippen LogP contribution in [0, 0.1) is 0 Å². The van der Waals surface area contributed by atoms with E-state index < -0.39 is 23.7 Å². The summed E-state index contributed by atoms with van der Waals surface area (Å²) in [6.45, 7) is 0. The van der Waals surface area contributed by atoms with Crippen molar-refractivity contribution in [3.8, 4) is 0 Å². The van der Waals surface area contributed by atoms with Gasteiger partial charge in [-0.1, -0.05) is 48.5 Å². The lowest BCUT2D eigenvalue weighted by Gasteiger charge is -2.21. The number of alkyl halides is 3. The summed E-state index contributed by atoms with van der Waals surface area (Å²) in [5.74, 6) is -0.415. The van der Waals surface area contributed by atoms with Crippen LogP contribution >= 0.6 is 0 Å². The number of pyridine rings is 1. The van der Waals surface area contributed by atoms with Crippen LogP contribution in [0.2, 0.25) is 0 Å². The molecule has 7 heteroatoms. The maximum absolute atomic E-state index is 13.2. The first kappa shape index (κ1) is 20.4. The smallest absolute Gasteiger partial charge is 0.370 e. The molecule has 0 radical (unpaired) electrons. The zero-order valence-electron chi connectivity index (χ0n) is 16.2. The molecule has 1 unspecified atom stereocenters. The summed E-state index contributed by atoms with van der Waals surface area (Å²) in [7, 11) is 0. The molecule has 4 nitrogen and oxygen atoms in total. The Morgan fingerprint density at radius 2 is 1.55 bits per heavy atom. The van der Waals surface area contributed by atoms with Crippen LogP contribution in [0.3, 0.4) is 0 Å². The van der Waals surface area contributed by atoms with Gasteiger partial charge in [-0.2, -0.15) is 13.2 Å². The van der Waals surface area contributed by atoms with E-state index in [9.17, 15) is 18.0 Å². The van der Waals surface area contributed by atoms with Gasteiger partial charge in [-0.05, 0) is 42.0 Å². The average molecular weight is 421 g/mol. The number of carbonyl (C=O) groups is 1. The van der Waals surface area contributed by atoms with Gasteiger partial charge < -0.3 is 10.6 Å². The van der Waals surface area contributed by atoms with Gasteiger partial charge in [0.15, 0.2) is 0 Å². The molecule has 1 atom stereocenters. The molecule has 0 aliphatic heterocycles. The molecule has 0 spiro atoms. The molecule has 31 heavy (non-hydrogen) atoms. The number of benzene rings is 3. The Bertz CT molecular complexity index is 1190. The van der Waals surface area contributed by atoms with Crippen molar-refractivity contribution in [2.24, 2.45) is 0 Å². The van der Waals surface area contributed by atoms with E-state index in [-0.39, 0.29) is 0 Å². The Morgan fingerprint density at radius 1 is 0.839 bits per heavy atom. The number of anilines is 2. The number of carbonyl (C=O) groups excluding carboxylic acids is 1. The fraction of sp³-hybridized carbons (Fsp3) is 0.0833. The van der Waals surface area contributed by atoms with Crippen molar-refractivity contribution in [1.29, 1.82) is 0 Å². The fourth-order valence-corrected chi connectivity index (χ4v) is 3.28. The first-order valence-corrected chi connectivity index (χ1v) is 9.55. The van der Waals surface area contributed by atoms with Crippen molar-refractivity contribution in [2.75, 3.05) is 10.6 Å². The first-order valence-electron chi connectivity index (χ1n) is 9.55. The number of fused-ring (bicyclic) bond motifs is 1. The van der Waals surface area contributed by atoms with Crippen molar-refractivity contribution in [3.63, 3.8) is 0 Å². The quantitative estimate of drug-likeness (QED) is 0.413. The summed E-state index contributed by atoms with van der Waals surface area (Å²) in [6, 6.07) is 21.8. The van der Waals surface area contributed by atoms with Crippen LogP contribution in [0.1, 0.15) is 17.2 Å². The highest BCUT2D eigenvalue weighted by Gasteiger charge is 2.31. The third kappa shape index (κ3) is 4.66. The minimum absolute atomic E-state index is 0.405. The molecular formula is C24H18F3N3O. The third-order valence-corrected chi connectivity index (χ3v) is 4.81. The number of rotatable bonds is 5. The van der Waals surface area contributed by atoms with Crippen LogP contribution in [0.25, 0.3) is 10.9 Å². The molecule has 0 saturated heterocycles. The summed E-state index contributed by atoms with van der Waals surface area (Å²) < 4.78 is 38.9. The second kappa shape index (κ2) is 8.47. The van der Waals surface area contributed by atoms with E-state index >= 15 is 0 Å². The van der Waals surface area contributed by atoms with Crippen molar-refractivity contribution in [3.05, 3.63) is 102 Å². The van der Waals surface area contributed by atoms with Crippen LogP contribution in [0.5, 0.6) is 0 Å². The zero-order valence-corrected chi connectivity index (χ0v) is 16.2. The number of nitrogens with zero attached hydrogens (tertiary/aromatic N) is 1. The van der Waals surface area contributed by atoms with Crippen LogP contribution in [-0.4, -0.2) is 10.9 Å². The van der Waals surface area contributed by atoms with Gasteiger partial charge in [-0.15, -0.1) is 0 Å². The lowest BCUT2D eigenvalue weighted by Crippen LogP contribution is -2.27. The summed E-state index contributed by atoms with van der Waals surface area (Å²) in [5.41, 5.74) is 1.45. The normalized spacial score (nSPS) is 12.4. The average Bonchev–Trinajstić information content (AvgIpc) is 2.78. The van der Waals surface area contributed by atoms with Gasteiger partial charge in [-0.25, -0.2) is 0 Å². The lowest BCUT2D eigenvalue weighted by molar-refractivity contribution is -0.137. The van der Waals surface area contributed by atoms with E-state index in [1.54, 1.807) is 48.7 Å². The van der Waals surface area contributed by atoms with Gasteiger partial charge in [0.25, 0.3) is 5.91 Å². The molecule has 0 saturated carbocycles. The van der Waals surface area contributed by atoms with Gasteiger partial charge in [0, 0.05) is 17.3 Å². The summed E-state index contributed by atoms with van der Waals surface area (Å²) in [6.07, 6.45) is -2.81. The monoisotopic (exact) mass is 421 g/mol. The zero-order chi connectivity index (χ0) is 21.8. The van der Waals surface area contributed by atoms with Crippen LogP contribution in [-0.2, 0) is 11.0 Å². The highest BCUT2D eigenvalue weighted by atomic mass is 19.4. The number of para-hydroxylation sites is 2. The minimum atomic E-state index is -4.45. The third-order valence-electron chi connectivity index (χ3n) is 4.81. The van der Waals surface area contributed by atoms with Gasteiger partial charge in [-0.3, -0.25) is 9.78 Å². The first-order chi connectivity index (χ1) is 14.9. The molecule has 3 aromatic carbocycles. The predicted molar refractivity (Wildman–Crippen MR) is 115 cm³/mol. The molecule has 4 aromatic rings. The van der Waals surface area contributed by atoms with Crippen LogP contribution in [0.4, 0.5) is 24.5 Å². The summed E-state index contributed by atoms with van der Waals surface area (Å²) in [5, 5.41) is 6.83. The maximum Gasteiger partial charge on any atom is 0.416 e. The molecule has 0 aliphatic rings. The van der Waals surface area contributed by atoms with Crippen molar-refractivity contribution in [1.82, 2.24) is 4.98 Å². The molecule has 1 amide bonds. The highest BCUT2D eigenvalue weighted by Crippen LogP contribution is 2.31. The SMILES string of the molecule is O=C(Nc1cccc2cccnc12)C(Nc1ccccc1)c1ccc(C(F)(F)F)cc1. The molecule has 0 bridgehead atoms. The van der Waals surface area contributed by atoms with E-state index in [1.807, 2.05) is 18.2 Å². The number of nitrogens with one attached hydrogen (secondary N) is 2. The van der Waals surface area contributed by atoms with Gasteiger partial charge in [0.2, 0.25) is 0 Å². The number of hydrogen-bond acceptors (Lipinski definition) is 3. The van der Waals surface area contributed by atoms with Gasteiger partial charge >= 0.3 is 6.18 Å². The van der Waals surface area contributed by atoms with Crippen LogP contribution < -0.4 is 10.6 Å². The standard InChI is InChI=1S/C24H18F3N3O/c25-24(26,27)18-13-11-17(12-14-18)22(29-19-8-2-1-3-9-19)23(31)30-20-10-4-6-16-7-5-15-28-21(16)20/h1-15,22,29H,(H,30,31). The Balaban J connectivity index is 1.67. The molecule has 156 valence electrons. The van der Waals surface area contributed by atoms with Crippen molar-refractivity contribution >= 4 is 28.2 Å². The number of aromatic nitrogens is 1. The van der Waals surface area contributed by atoms with Crippen LogP contribution in [0.15, 0.2) is 91.1 Å². The van der Waals surface area contributed by atoms with E-state index in [4.69, 9.17) is 0 Å².